The predicted octanol–water partition coefficient (Wildman–Crippen LogP) is 2.71. The number of aromatic nitrogens is 3. The number of benzene rings is 1. The molecule has 1 aromatic heterocycles. The van der Waals surface area contributed by atoms with E-state index in [1.54, 1.807) is 0 Å². The number of hydrogen-bond acceptors (Lipinski definition) is 1. The number of rotatable bonds is 1. The van der Waals surface area contributed by atoms with Crippen LogP contribution in [0, 0.1) is 0 Å². The second kappa shape index (κ2) is 3.67. The van der Waals surface area contributed by atoms with Crippen molar-refractivity contribution >= 4 is 0 Å². The Balaban J connectivity index is 2.26. The topological polar surface area (TPSA) is 21.7 Å². The molecule has 0 saturated carbocycles. The highest BCUT2D eigenvalue weighted by molar-refractivity contribution is 5.58. The number of nitrogens with zero attached hydrogens (tertiary/aromatic N) is 3. The van der Waals surface area contributed by atoms with Gasteiger partial charge in [0.1, 0.15) is 6.04 Å². The molecule has 0 spiro atoms. The second-order valence-electron chi connectivity index (χ2n) is 6.03. The van der Waals surface area contributed by atoms with Gasteiger partial charge in [-0.25, -0.2) is 4.57 Å². The minimum absolute atomic E-state index is 0.0941. The summed E-state index contributed by atoms with van der Waals surface area (Å²) in [6, 6.07) is 8.99. The molecule has 2 aromatic rings. The molecular weight excluding hydrogens is 222 g/mol. The van der Waals surface area contributed by atoms with Gasteiger partial charge in [0, 0.05) is 11.5 Å². The summed E-state index contributed by atoms with van der Waals surface area (Å²) in [6.45, 7) is 8.88. The molecule has 0 fully saturated rings. The first-order chi connectivity index (χ1) is 8.49. The van der Waals surface area contributed by atoms with E-state index in [4.69, 9.17) is 5.10 Å². The van der Waals surface area contributed by atoms with Crippen molar-refractivity contribution in [2.45, 2.75) is 45.7 Å². The van der Waals surface area contributed by atoms with Crippen LogP contribution in [0.4, 0.5) is 0 Å². The van der Waals surface area contributed by atoms with Gasteiger partial charge in [-0.15, -0.1) is 4.68 Å². The molecule has 3 rings (SSSR count). The SMILES string of the molecule is CC(C)n1c[n+]2c(n1)-c1ccccc1CC2(C)C. The average molecular weight is 242 g/mol. The summed E-state index contributed by atoms with van der Waals surface area (Å²) >= 11 is 0. The fraction of sp³-hybridized carbons (Fsp3) is 0.467. The normalized spacial score (nSPS) is 16.5. The molecule has 0 N–H and O–H groups in total. The summed E-state index contributed by atoms with van der Waals surface area (Å²) in [5.74, 6) is 1.09. The van der Waals surface area contributed by atoms with Crippen LogP contribution >= 0.6 is 0 Å². The maximum absolute atomic E-state index is 4.77. The molecule has 0 atom stereocenters. The molecule has 1 aliphatic heterocycles. The van der Waals surface area contributed by atoms with Crippen LogP contribution in [-0.4, -0.2) is 9.78 Å². The fourth-order valence-corrected chi connectivity index (χ4v) is 2.68. The van der Waals surface area contributed by atoms with E-state index in [9.17, 15) is 0 Å². The molecule has 0 amide bonds. The third-order valence-electron chi connectivity index (χ3n) is 3.73. The first-order valence-electron chi connectivity index (χ1n) is 6.58. The molecule has 0 radical (unpaired) electrons. The zero-order valence-electron chi connectivity index (χ0n) is 11.5. The molecule has 0 aliphatic carbocycles. The fourth-order valence-electron chi connectivity index (χ4n) is 2.68. The van der Waals surface area contributed by atoms with Crippen LogP contribution in [0.2, 0.25) is 0 Å². The number of hydrogen-bond donors (Lipinski definition) is 0. The van der Waals surface area contributed by atoms with Crippen LogP contribution in [0.5, 0.6) is 0 Å². The van der Waals surface area contributed by atoms with Gasteiger partial charge in [-0.05, 0) is 39.3 Å². The monoisotopic (exact) mass is 242 g/mol. The molecule has 1 aromatic carbocycles. The van der Waals surface area contributed by atoms with E-state index in [0.29, 0.717) is 6.04 Å². The summed E-state index contributed by atoms with van der Waals surface area (Å²) in [5.41, 5.74) is 2.77. The first kappa shape index (κ1) is 11.5. The Labute approximate surface area is 108 Å². The summed E-state index contributed by atoms with van der Waals surface area (Å²) in [4.78, 5) is 0. The predicted molar refractivity (Wildman–Crippen MR) is 71.3 cm³/mol. The lowest BCUT2D eigenvalue weighted by Gasteiger charge is -2.28. The van der Waals surface area contributed by atoms with Crippen LogP contribution in [0.25, 0.3) is 11.4 Å². The lowest BCUT2D eigenvalue weighted by atomic mass is 9.87. The lowest BCUT2D eigenvalue weighted by molar-refractivity contribution is -0.750. The van der Waals surface area contributed by atoms with Crippen LogP contribution in [0.3, 0.4) is 0 Å². The highest BCUT2D eigenvalue weighted by Gasteiger charge is 2.38. The minimum Gasteiger partial charge on any atom is -0.225 e. The third kappa shape index (κ3) is 1.57. The maximum atomic E-state index is 4.77. The second-order valence-corrected chi connectivity index (χ2v) is 6.03. The van der Waals surface area contributed by atoms with E-state index in [1.165, 1.54) is 11.1 Å². The quantitative estimate of drug-likeness (QED) is 0.705. The molecular formula is C15H20N3+. The Bertz CT molecular complexity index is 594. The van der Waals surface area contributed by atoms with Crippen molar-refractivity contribution in [1.82, 2.24) is 9.78 Å². The van der Waals surface area contributed by atoms with Gasteiger partial charge in [0.15, 0.2) is 0 Å². The molecule has 94 valence electrons. The first-order valence-corrected chi connectivity index (χ1v) is 6.58. The molecule has 3 heteroatoms. The zero-order valence-corrected chi connectivity index (χ0v) is 11.5. The standard InChI is InChI=1S/C15H20N3/c1-11(2)18-10-17-14(16-18)13-8-6-5-7-12(13)9-15(17,3)4/h5-8,10-11H,9H2,1-4H3/q+1. The molecule has 18 heavy (non-hydrogen) atoms. The Morgan fingerprint density at radius 2 is 2.00 bits per heavy atom. The van der Waals surface area contributed by atoms with E-state index in [0.717, 1.165) is 12.2 Å². The van der Waals surface area contributed by atoms with Crippen LogP contribution in [0.15, 0.2) is 30.6 Å². The Hall–Kier alpha value is -1.64. The van der Waals surface area contributed by atoms with Crippen molar-refractivity contribution in [2.75, 3.05) is 0 Å². The van der Waals surface area contributed by atoms with Gasteiger partial charge >= 0.3 is 5.82 Å². The van der Waals surface area contributed by atoms with Gasteiger partial charge in [-0.1, -0.05) is 18.2 Å². The average Bonchev–Trinajstić information content (AvgIpc) is 2.74. The third-order valence-corrected chi connectivity index (χ3v) is 3.73. The highest BCUT2D eigenvalue weighted by Crippen LogP contribution is 2.30. The molecule has 2 heterocycles. The van der Waals surface area contributed by atoms with Crippen molar-refractivity contribution in [3.05, 3.63) is 36.2 Å². The summed E-state index contributed by atoms with van der Waals surface area (Å²) < 4.78 is 4.37. The lowest BCUT2D eigenvalue weighted by Crippen LogP contribution is -2.56. The molecule has 0 unspecified atom stereocenters. The van der Waals surface area contributed by atoms with E-state index in [2.05, 4.69) is 67.5 Å². The van der Waals surface area contributed by atoms with Gasteiger partial charge in [0.05, 0.1) is 11.1 Å². The molecule has 0 bridgehead atoms. The Morgan fingerprint density at radius 1 is 1.28 bits per heavy atom. The van der Waals surface area contributed by atoms with Crippen LogP contribution < -0.4 is 4.57 Å². The Kier molecular flexibility index (Phi) is 2.34. The smallest absolute Gasteiger partial charge is 0.225 e. The van der Waals surface area contributed by atoms with Gasteiger partial charge in [0.25, 0.3) is 0 Å². The van der Waals surface area contributed by atoms with Gasteiger partial charge < -0.3 is 0 Å². The van der Waals surface area contributed by atoms with E-state index in [1.807, 2.05) is 0 Å². The van der Waals surface area contributed by atoms with Crippen LogP contribution in [-0.2, 0) is 12.0 Å². The highest BCUT2D eigenvalue weighted by atomic mass is 15.4. The van der Waals surface area contributed by atoms with E-state index in [-0.39, 0.29) is 5.54 Å². The van der Waals surface area contributed by atoms with E-state index < -0.39 is 0 Å². The van der Waals surface area contributed by atoms with Gasteiger partial charge in [0.2, 0.25) is 6.33 Å². The largest absolute Gasteiger partial charge is 0.309 e. The van der Waals surface area contributed by atoms with Gasteiger partial charge in [-0.2, -0.15) is 0 Å². The van der Waals surface area contributed by atoms with Crippen LogP contribution in [0.1, 0.15) is 39.3 Å². The maximum Gasteiger partial charge on any atom is 0.309 e. The van der Waals surface area contributed by atoms with E-state index >= 15 is 0 Å². The van der Waals surface area contributed by atoms with Crippen molar-refractivity contribution in [2.24, 2.45) is 0 Å². The summed E-state index contributed by atoms with van der Waals surface area (Å²) in [6.07, 6.45) is 3.21. The molecule has 1 aliphatic rings. The Morgan fingerprint density at radius 3 is 2.72 bits per heavy atom. The van der Waals surface area contributed by atoms with Crippen molar-refractivity contribution in [3.8, 4) is 11.4 Å². The molecule has 3 nitrogen and oxygen atoms in total. The summed E-state index contributed by atoms with van der Waals surface area (Å²) in [7, 11) is 0. The summed E-state index contributed by atoms with van der Waals surface area (Å²) in [5, 5.41) is 4.77. The van der Waals surface area contributed by atoms with Gasteiger partial charge in [-0.3, -0.25) is 0 Å². The van der Waals surface area contributed by atoms with Crippen molar-refractivity contribution < 1.29 is 4.57 Å². The number of fused-ring (bicyclic) bond motifs is 3. The zero-order chi connectivity index (χ0) is 12.9. The van der Waals surface area contributed by atoms with Crippen molar-refractivity contribution in [1.29, 1.82) is 0 Å². The molecule has 0 saturated heterocycles. The van der Waals surface area contributed by atoms with Crippen molar-refractivity contribution in [3.63, 3.8) is 0 Å². The minimum atomic E-state index is 0.0941.